The Bertz CT molecular complexity index is 1330. The van der Waals surface area contributed by atoms with E-state index in [1.165, 1.54) is 10.9 Å². The average Bonchev–Trinajstić information content (AvgIpc) is 3.17. The molecular weight excluding hydrogens is 535 g/mol. The van der Waals surface area contributed by atoms with Crippen molar-refractivity contribution in [1.82, 2.24) is 9.66 Å². The number of imidazole rings is 1. The van der Waals surface area contributed by atoms with Crippen LogP contribution in [0, 0.1) is 0 Å². The van der Waals surface area contributed by atoms with Crippen LogP contribution in [0.4, 0.5) is 5.95 Å². The molecule has 0 aliphatic rings. The smallest absolute Gasteiger partial charge is 0.251 e. The number of halogens is 4. The van der Waals surface area contributed by atoms with E-state index in [0.29, 0.717) is 37.8 Å². The molecule has 0 amide bonds. The molecule has 0 saturated carbocycles. The summed E-state index contributed by atoms with van der Waals surface area (Å²) < 4.78 is 2.35. The zero-order valence-corrected chi connectivity index (χ0v) is 20.1. The Morgan fingerprint density at radius 2 is 1.62 bits per heavy atom. The molecule has 4 rings (SSSR count). The van der Waals surface area contributed by atoms with Gasteiger partial charge in [0.15, 0.2) is 0 Å². The van der Waals surface area contributed by atoms with E-state index in [1.54, 1.807) is 60.9 Å². The second-order valence-electron chi connectivity index (χ2n) is 6.65. The second-order valence-corrected chi connectivity index (χ2v) is 8.85. The molecule has 1 N–H and O–H groups in total. The van der Waals surface area contributed by atoms with E-state index in [2.05, 4.69) is 31.0 Å². The summed E-state index contributed by atoms with van der Waals surface area (Å²) in [6, 6.07) is 17.5. The van der Waals surface area contributed by atoms with Crippen LogP contribution in [0.5, 0.6) is 5.75 Å². The first-order valence-corrected chi connectivity index (χ1v) is 11.2. The molecule has 32 heavy (non-hydrogen) atoms. The van der Waals surface area contributed by atoms with Crippen molar-refractivity contribution in [1.29, 1.82) is 0 Å². The molecular formula is C23H14BrCl3N4O. The van der Waals surface area contributed by atoms with Gasteiger partial charge >= 0.3 is 0 Å². The quantitative estimate of drug-likeness (QED) is 0.261. The van der Waals surface area contributed by atoms with Gasteiger partial charge in [0.25, 0.3) is 5.95 Å². The monoisotopic (exact) mass is 546 g/mol. The largest absolute Gasteiger partial charge is 0.507 e. The molecule has 0 radical (unpaired) electrons. The van der Waals surface area contributed by atoms with Crippen LogP contribution < -0.4 is 0 Å². The summed E-state index contributed by atoms with van der Waals surface area (Å²) in [5.74, 6) is 0.417. The summed E-state index contributed by atoms with van der Waals surface area (Å²) in [6.07, 6.45) is 4.87. The minimum absolute atomic E-state index is 0.101. The molecule has 9 heteroatoms. The van der Waals surface area contributed by atoms with Gasteiger partial charge in [0.1, 0.15) is 5.75 Å². The summed E-state index contributed by atoms with van der Waals surface area (Å²) in [5.41, 5.74) is 2.74. The number of benzene rings is 3. The molecule has 0 saturated heterocycles. The molecule has 0 aliphatic heterocycles. The maximum absolute atomic E-state index is 10.1. The molecule has 0 bridgehead atoms. The third-order valence-electron chi connectivity index (χ3n) is 4.40. The predicted molar refractivity (Wildman–Crippen MR) is 135 cm³/mol. The van der Waals surface area contributed by atoms with Crippen molar-refractivity contribution in [3.05, 3.63) is 97.5 Å². The maximum atomic E-state index is 10.1. The lowest BCUT2D eigenvalue weighted by molar-refractivity contribution is 0.474. The minimum Gasteiger partial charge on any atom is -0.507 e. The van der Waals surface area contributed by atoms with Gasteiger partial charge in [-0.3, -0.25) is 0 Å². The van der Waals surface area contributed by atoms with Crippen LogP contribution in [-0.4, -0.2) is 27.2 Å². The zero-order chi connectivity index (χ0) is 22.7. The Balaban J connectivity index is 1.74. The number of aliphatic imine (C=N–C) groups is 1. The first kappa shape index (κ1) is 22.6. The van der Waals surface area contributed by atoms with Crippen molar-refractivity contribution < 1.29 is 5.11 Å². The zero-order valence-electron chi connectivity index (χ0n) is 16.3. The van der Waals surface area contributed by atoms with E-state index in [1.807, 2.05) is 12.1 Å². The fourth-order valence-corrected chi connectivity index (χ4v) is 3.74. The standard InChI is InChI=1S/C23H14BrCl3N4O/c24-17-4-8-22(32)16(9-17)11-28-23-30-21(14-1-5-18(25)6-2-14)13-31(23)29-12-15-3-7-19(26)10-20(15)27/h1-13,32H/b28-11+,29-12+. The first-order chi connectivity index (χ1) is 15.4. The second kappa shape index (κ2) is 9.88. The van der Waals surface area contributed by atoms with Gasteiger partial charge in [-0.25, -0.2) is 14.7 Å². The molecule has 1 heterocycles. The summed E-state index contributed by atoms with van der Waals surface area (Å²) in [5, 5.41) is 16.2. The van der Waals surface area contributed by atoms with E-state index in [-0.39, 0.29) is 5.75 Å². The minimum atomic E-state index is 0.101. The fourth-order valence-electron chi connectivity index (χ4n) is 2.78. The van der Waals surface area contributed by atoms with Gasteiger partial charge in [-0.2, -0.15) is 5.10 Å². The lowest BCUT2D eigenvalue weighted by atomic mass is 10.2. The molecule has 1 aromatic heterocycles. The van der Waals surface area contributed by atoms with Crippen LogP contribution >= 0.6 is 50.7 Å². The van der Waals surface area contributed by atoms with Crippen LogP contribution in [0.25, 0.3) is 11.3 Å². The van der Waals surface area contributed by atoms with E-state index >= 15 is 0 Å². The highest BCUT2D eigenvalue weighted by molar-refractivity contribution is 9.10. The van der Waals surface area contributed by atoms with Crippen LogP contribution in [0.2, 0.25) is 15.1 Å². The van der Waals surface area contributed by atoms with Crippen molar-refractivity contribution in [3.63, 3.8) is 0 Å². The first-order valence-electron chi connectivity index (χ1n) is 9.26. The molecule has 0 unspecified atom stereocenters. The van der Waals surface area contributed by atoms with Crippen molar-refractivity contribution >= 4 is 69.1 Å². The number of rotatable bonds is 5. The average molecular weight is 549 g/mol. The number of aromatic nitrogens is 2. The molecule has 4 aromatic rings. The lowest BCUT2D eigenvalue weighted by Gasteiger charge is -2.00. The highest BCUT2D eigenvalue weighted by Crippen LogP contribution is 2.26. The number of phenolic OH excluding ortho intramolecular Hbond substituents is 1. The van der Waals surface area contributed by atoms with Crippen molar-refractivity contribution in [2.75, 3.05) is 0 Å². The molecule has 5 nitrogen and oxygen atoms in total. The number of aromatic hydroxyl groups is 1. The Hall–Kier alpha value is -2.64. The number of nitrogens with zero attached hydrogens (tertiary/aromatic N) is 4. The van der Waals surface area contributed by atoms with E-state index in [4.69, 9.17) is 34.8 Å². The van der Waals surface area contributed by atoms with Gasteiger partial charge in [0, 0.05) is 37.4 Å². The van der Waals surface area contributed by atoms with Gasteiger partial charge in [-0.05, 0) is 42.5 Å². The van der Waals surface area contributed by atoms with Gasteiger partial charge in [-0.15, -0.1) is 0 Å². The molecule has 0 fully saturated rings. The molecule has 3 aromatic carbocycles. The highest BCUT2D eigenvalue weighted by atomic mass is 79.9. The Morgan fingerprint density at radius 1 is 0.875 bits per heavy atom. The highest BCUT2D eigenvalue weighted by Gasteiger charge is 2.09. The summed E-state index contributed by atoms with van der Waals surface area (Å²) in [6.45, 7) is 0. The molecule has 0 aliphatic carbocycles. The van der Waals surface area contributed by atoms with E-state index in [9.17, 15) is 5.11 Å². The number of phenols is 1. The summed E-state index contributed by atoms with van der Waals surface area (Å²) in [4.78, 5) is 9.03. The van der Waals surface area contributed by atoms with Crippen LogP contribution in [0.3, 0.4) is 0 Å². The summed E-state index contributed by atoms with van der Waals surface area (Å²) >= 11 is 21.6. The van der Waals surface area contributed by atoms with Crippen LogP contribution in [0.1, 0.15) is 11.1 Å². The van der Waals surface area contributed by atoms with Gasteiger partial charge in [-0.1, -0.05) is 68.9 Å². The third-order valence-corrected chi connectivity index (χ3v) is 5.71. The summed E-state index contributed by atoms with van der Waals surface area (Å²) in [7, 11) is 0. The normalized spacial score (nSPS) is 11.6. The van der Waals surface area contributed by atoms with Crippen LogP contribution in [-0.2, 0) is 0 Å². The van der Waals surface area contributed by atoms with E-state index < -0.39 is 0 Å². The maximum Gasteiger partial charge on any atom is 0.251 e. The van der Waals surface area contributed by atoms with Crippen molar-refractivity contribution in [2.45, 2.75) is 0 Å². The topological polar surface area (TPSA) is 62.8 Å². The Morgan fingerprint density at radius 3 is 2.38 bits per heavy atom. The lowest BCUT2D eigenvalue weighted by Crippen LogP contribution is -1.91. The number of hydrogen-bond acceptors (Lipinski definition) is 4. The van der Waals surface area contributed by atoms with E-state index in [0.717, 1.165) is 10.0 Å². The Kier molecular flexibility index (Phi) is 6.96. The van der Waals surface area contributed by atoms with Gasteiger partial charge in [0.05, 0.1) is 23.1 Å². The van der Waals surface area contributed by atoms with Gasteiger partial charge < -0.3 is 5.11 Å². The molecule has 0 atom stereocenters. The van der Waals surface area contributed by atoms with Crippen molar-refractivity contribution in [2.24, 2.45) is 10.1 Å². The predicted octanol–water partition coefficient (Wildman–Crippen LogP) is 7.61. The third kappa shape index (κ3) is 5.40. The molecule has 160 valence electrons. The fraction of sp³-hybridized carbons (Fsp3) is 0. The molecule has 0 spiro atoms. The van der Waals surface area contributed by atoms with Gasteiger partial charge in [0.2, 0.25) is 0 Å². The SMILES string of the molecule is Oc1ccc(Br)cc1/C=N/c1nc(-c2ccc(Cl)cc2)cn1/N=C/c1ccc(Cl)cc1Cl. The van der Waals surface area contributed by atoms with Crippen LogP contribution in [0.15, 0.2) is 81.4 Å². The van der Waals surface area contributed by atoms with Crippen molar-refractivity contribution in [3.8, 4) is 17.0 Å². The number of hydrogen-bond donors (Lipinski definition) is 1. The Labute approximate surface area is 207 Å².